The van der Waals surface area contributed by atoms with Crippen molar-refractivity contribution in [2.75, 3.05) is 5.32 Å². The quantitative estimate of drug-likeness (QED) is 0.458. The van der Waals surface area contributed by atoms with Crippen molar-refractivity contribution in [3.8, 4) is 5.75 Å². The third kappa shape index (κ3) is 5.30. The first-order valence-electron chi connectivity index (χ1n) is 7.85. The van der Waals surface area contributed by atoms with E-state index in [-0.39, 0.29) is 12.5 Å². The van der Waals surface area contributed by atoms with E-state index < -0.39 is 0 Å². The average molecular weight is 441 g/mol. The first kappa shape index (κ1) is 19.8. The van der Waals surface area contributed by atoms with Crippen molar-refractivity contribution < 1.29 is 9.53 Å². The molecule has 0 radical (unpaired) electrons. The highest BCUT2D eigenvalue weighted by molar-refractivity contribution is 6.42. The van der Waals surface area contributed by atoms with Gasteiger partial charge in [0.1, 0.15) is 12.4 Å². The van der Waals surface area contributed by atoms with E-state index >= 15 is 0 Å². The van der Waals surface area contributed by atoms with E-state index in [1.807, 2.05) is 6.07 Å². The lowest BCUT2D eigenvalue weighted by Gasteiger charge is -2.10. The maximum Gasteiger partial charge on any atom is 0.255 e. The molecule has 3 nitrogen and oxygen atoms in total. The second kappa shape index (κ2) is 8.85. The second-order valence-corrected chi connectivity index (χ2v) is 7.30. The standard InChI is InChI=1S/C20H13Cl4NO2/c21-14-4-7-19(18(24)9-14)27-11-12-2-1-3-13(8-12)20(26)25-15-5-6-16(22)17(23)10-15/h1-10H,11H2,(H,25,26). The smallest absolute Gasteiger partial charge is 0.255 e. The number of ether oxygens (including phenoxy) is 1. The fourth-order valence-electron chi connectivity index (χ4n) is 2.33. The fraction of sp³-hybridized carbons (Fsp3) is 0.0500. The minimum Gasteiger partial charge on any atom is -0.487 e. The number of hydrogen-bond acceptors (Lipinski definition) is 2. The van der Waals surface area contributed by atoms with Gasteiger partial charge >= 0.3 is 0 Å². The Morgan fingerprint density at radius 3 is 2.41 bits per heavy atom. The summed E-state index contributed by atoms with van der Waals surface area (Å²) in [7, 11) is 0. The van der Waals surface area contributed by atoms with Crippen LogP contribution in [-0.2, 0) is 6.61 Å². The Balaban J connectivity index is 1.69. The van der Waals surface area contributed by atoms with Gasteiger partial charge in [0.15, 0.2) is 0 Å². The SMILES string of the molecule is O=C(Nc1ccc(Cl)c(Cl)c1)c1cccc(COc2ccc(Cl)cc2Cl)c1. The summed E-state index contributed by atoms with van der Waals surface area (Å²) in [5.74, 6) is 0.256. The zero-order valence-electron chi connectivity index (χ0n) is 13.8. The molecular formula is C20H13Cl4NO2. The molecular weight excluding hydrogens is 428 g/mol. The molecule has 3 aromatic rings. The molecule has 0 spiro atoms. The summed E-state index contributed by atoms with van der Waals surface area (Å²) >= 11 is 23.8. The molecule has 0 heterocycles. The number of rotatable bonds is 5. The van der Waals surface area contributed by atoms with Crippen molar-refractivity contribution in [3.05, 3.63) is 91.9 Å². The molecule has 138 valence electrons. The molecule has 1 amide bonds. The molecule has 0 bridgehead atoms. The third-order valence-corrected chi connectivity index (χ3v) is 4.92. The Bertz CT molecular complexity index is 991. The topological polar surface area (TPSA) is 38.3 Å². The van der Waals surface area contributed by atoms with E-state index in [1.54, 1.807) is 54.6 Å². The number of halogens is 4. The van der Waals surface area contributed by atoms with Crippen molar-refractivity contribution in [3.63, 3.8) is 0 Å². The van der Waals surface area contributed by atoms with Crippen LogP contribution in [0.3, 0.4) is 0 Å². The fourth-order valence-corrected chi connectivity index (χ4v) is 3.09. The van der Waals surface area contributed by atoms with Crippen LogP contribution in [0, 0.1) is 0 Å². The number of carbonyl (C=O) groups excluding carboxylic acids is 1. The van der Waals surface area contributed by atoms with Crippen LogP contribution in [0.1, 0.15) is 15.9 Å². The van der Waals surface area contributed by atoms with Crippen molar-refractivity contribution in [1.82, 2.24) is 0 Å². The Kier molecular flexibility index (Phi) is 6.51. The van der Waals surface area contributed by atoms with E-state index in [0.29, 0.717) is 37.1 Å². The van der Waals surface area contributed by atoms with Gasteiger partial charge in [0.05, 0.1) is 15.1 Å². The van der Waals surface area contributed by atoms with Crippen LogP contribution < -0.4 is 10.1 Å². The van der Waals surface area contributed by atoms with Crippen LogP contribution in [0.15, 0.2) is 60.7 Å². The highest BCUT2D eigenvalue weighted by Crippen LogP contribution is 2.28. The van der Waals surface area contributed by atoms with Crippen LogP contribution in [0.5, 0.6) is 5.75 Å². The van der Waals surface area contributed by atoms with Gasteiger partial charge in [0, 0.05) is 16.3 Å². The van der Waals surface area contributed by atoms with Crippen molar-refractivity contribution in [2.24, 2.45) is 0 Å². The molecule has 0 saturated carbocycles. The predicted octanol–water partition coefficient (Wildman–Crippen LogP) is 7.13. The summed E-state index contributed by atoms with van der Waals surface area (Å²) in [5, 5.41) is 4.54. The van der Waals surface area contributed by atoms with Gasteiger partial charge in [-0.1, -0.05) is 58.5 Å². The van der Waals surface area contributed by atoms with E-state index in [2.05, 4.69) is 5.32 Å². The van der Waals surface area contributed by atoms with E-state index in [1.165, 1.54) is 0 Å². The van der Waals surface area contributed by atoms with Gasteiger partial charge in [0.2, 0.25) is 0 Å². The van der Waals surface area contributed by atoms with Crippen molar-refractivity contribution >= 4 is 58.0 Å². The Hall–Kier alpha value is -1.91. The summed E-state index contributed by atoms with van der Waals surface area (Å²) in [5.41, 5.74) is 1.87. The molecule has 0 fully saturated rings. The second-order valence-electron chi connectivity index (χ2n) is 5.65. The molecule has 0 aliphatic heterocycles. The zero-order valence-corrected chi connectivity index (χ0v) is 16.8. The van der Waals surface area contributed by atoms with Gasteiger partial charge in [-0.3, -0.25) is 4.79 Å². The lowest BCUT2D eigenvalue weighted by molar-refractivity contribution is 0.102. The molecule has 27 heavy (non-hydrogen) atoms. The van der Waals surface area contributed by atoms with Crippen LogP contribution in [-0.4, -0.2) is 5.91 Å². The summed E-state index contributed by atoms with van der Waals surface area (Å²) in [6.07, 6.45) is 0. The molecule has 0 saturated heterocycles. The van der Waals surface area contributed by atoms with Crippen molar-refractivity contribution in [1.29, 1.82) is 0 Å². The molecule has 3 aromatic carbocycles. The monoisotopic (exact) mass is 439 g/mol. The first-order valence-corrected chi connectivity index (χ1v) is 9.37. The average Bonchev–Trinajstić information content (AvgIpc) is 2.64. The summed E-state index contributed by atoms with van der Waals surface area (Å²) < 4.78 is 5.71. The molecule has 0 aromatic heterocycles. The highest BCUT2D eigenvalue weighted by Gasteiger charge is 2.09. The molecule has 0 atom stereocenters. The maximum absolute atomic E-state index is 12.5. The minimum absolute atomic E-state index is 0.259. The van der Waals surface area contributed by atoms with Crippen molar-refractivity contribution in [2.45, 2.75) is 6.61 Å². The zero-order chi connectivity index (χ0) is 19.4. The van der Waals surface area contributed by atoms with Crippen LogP contribution >= 0.6 is 46.4 Å². The summed E-state index contributed by atoms with van der Waals surface area (Å²) in [6.45, 7) is 0.259. The Morgan fingerprint density at radius 2 is 1.67 bits per heavy atom. The van der Waals surface area contributed by atoms with Gasteiger partial charge in [-0.05, 0) is 54.1 Å². The largest absolute Gasteiger partial charge is 0.487 e. The number of anilines is 1. The van der Waals surface area contributed by atoms with Gasteiger partial charge in [0.25, 0.3) is 5.91 Å². The normalized spacial score (nSPS) is 10.5. The number of carbonyl (C=O) groups is 1. The number of nitrogens with one attached hydrogen (secondary N) is 1. The van der Waals surface area contributed by atoms with E-state index in [4.69, 9.17) is 51.1 Å². The lowest BCUT2D eigenvalue weighted by atomic mass is 10.1. The minimum atomic E-state index is -0.264. The predicted molar refractivity (Wildman–Crippen MR) is 112 cm³/mol. The summed E-state index contributed by atoms with van der Waals surface area (Å²) in [6, 6.07) is 17.0. The Labute approximate surface area is 176 Å². The molecule has 7 heteroatoms. The molecule has 1 N–H and O–H groups in total. The number of hydrogen-bond donors (Lipinski definition) is 1. The van der Waals surface area contributed by atoms with Crippen LogP contribution in [0.25, 0.3) is 0 Å². The maximum atomic E-state index is 12.5. The van der Waals surface area contributed by atoms with Crippen LogP contribution in [0.4, 0.5) is 5.69 Å². The van der Waals surface area contributed by atoms with E-state index in [9.17, 15) is 4.79 Å². The number of amides is 1. The van der Waals surface area contributed by atoms with E-state index in [0.717, 1.165) is 5.56 Å². The summed E-state index contributed by atoms with van der Waals surface area (Å²) in [4.78, 5) is 12.5. The molecule has 0 unspecified atom stereocenters. The first-order chi connectivity index (χ1) is 12.9. The highest BCUT2D eigenvalue weighted by atomic mass is 35.5. The number of benzene rings is 3. The van der Waals surface area contributed by atoms with Gasteiger partial charge in [-0.25, -0.2) is 0 Å². The molecule has 0 aliphatic rings. The lowest BCUT2D eigenvalue weighted by Crippen LogP contribution is -2.12. The van der Waals surface area contributed by atoms with Gasteiger partial charge in [-0.15, -0.1) is 0 Å². The third-order valence-electron chi connectivity index (χ3n) is 3.65. The molecule has 3 rings (SSSR count). The Morgan fingerprint density at radius 1 is 0.852 bits per heavy atom. The molecule has 0 aliphatic carbocycles. The van der Waals surface area contributed by atoms with Gasteiger partial charge < -0.3 is 10.1 Å². The van der Waals surface area contributed by atoms with Gasteiger partial charge in [-0.2, -0.15) is 0 Å². The van der Waals surface area contributed by atoms with Crippen LogP contribution in [0.2, 0.25) is 20.1 Å².